The number of fused-ring (bicyclic) bond motifs is 1. The van der Waals surface area contributed by atoms with Crippen molar-refractivity contribution in [3.05, 3.63) is 59.8 Å². The van der Waals surface area contributed by atoms with Crippen molar-refractivity contribution in [3.8, 4) is 17.6 Å². The third-order valence-electron chi connectivity index (χ3n) is 3.93. The molecule has 1 aromatic heterocycles. The molecule has 2 aromatic carbocycles. The van der Waals surface area contributed by atoms with Crippen LogP contribution in [-0.4, -0.2) is 25.1 Å². The fourth-order valence-corrected chi connectivity index (χ4v) is 2.54. The van der Waals surface area contributed by atoms with Gasteiger partial charge in [0.05, 0.1) is 14.2 Å². The van der Waals surface area contributed by atoms with Crippen molar-refractivity contribution < 1.29 is 14.3 Å². The van der Waals surface area contributed by atoms with Crippen LogP contribution >= 0.6 is 0 Å². The van der Waals surface area contributed by atoms with E-state index in [0.29, 0.717) is 17.2 Å². The van der Waals surface area contributed by atoms with E-state index < -0.39 is 5.91 Å². The van der Waals surface area contributed by atoms with Gasteiger partial charge in [0.1, 0.15) is 23.1 Å². The number of aromatic amines is 1. The van der Waals surface area contributed by atoms with Gasteiger partial charge in [-0.25, -0.2) is 0 Å². The first-order valence-electron chi connectivity index (χ1n) is 7.87. The van der Waals surface area contributed by atoms with Crippen molar-refractivity contribution in [2.45, 2.75) is 0 Å². The summed E-state index contributed by atoms with van der Waals surface area (Å²) in [7, 11) is 3.16. The summed E-state index contributed by atoms with van der Waals surface area (Å²) in [5.74, 6) is 0.912. The highest BCUT2D eigenvalue weighted by Crippen LogP contribution is 2.25. The lowest BCUT2D eigenvalue weighted by Gasteiger charge is -2.05. The molecule has 0 fully saturated rings. The van der Waals surface area contributed by atoms with Crippen LogP contribution in [0.25, 0.3) is 17.0 Å². The Morgan fingerprint density at radius 3 is 2.46 bits per heavy atom. The summed E-state index contributed by atoms with van der Waals surface area (Å²) in [6, 6.07) is 14.4. The second-order valence-corrected chi connectivity index (χ2v) is 5.51. The van der Waals surface area contributed by atoms with Crippen molar-refractivity contribution in [2.24, 2.45) is 0 Å². The number of methoxy groups -OCH3 is 2. The maximum absolute atomic E-state index is 12.4. The topological polar surface area (TPSA) is 87.1 Å². The minimum atomic E-state index is -0.477. The van der Waals surface area contributed by atoms with Crippen LogP contribution in [0.4, 0.5) is 5.69 Å². The van der Waals surface area contributed by atoms with Crippen LogP contribution in [0.15, 0.2) is 54.2 Å². The predicted octanol–water partition coefficient (Wildman–Crippen LogP) is 3.73. The Bertz CT molecular complexity index is 1010. The summed E-state index contributed by atoms with van der Waals surface area (Å²) in [5, 5.41) is 13.0. The first kappa shape index (κ1) is 17.1. The molecule has 3 aromatic rings. The molecule has 6 nitrogen and oxygen atoms in total. The van der Waals surface area contributed by atoms with E-state index in [1.165, 1.54) is 0 Å². The maximum Gasteiger partial charge on any atom is 0.266 e. The lowest BCUT2D eigenvalue weighted by molar-refractivity contribution is -0.112. The minimum absolute atomic E-state index is 0.00420. The van der Waals surface area contributed by atoms with Crippen LogP contribution in [0, 0.1) is 11.3 Å². The average Bonchev–Trinajstić information content (AvgIpc) is 3.08. The van der Waals surface area contributed by atoms with Gasteiger partial charge in [0, 0.05) is 28.4 Å². The molecule has 0 aliphatic rings. The number of amides is 1. The van der Waals surface area contributed by atoms with Crippen LogP contribution in [0.3, 0.4) is 0 Å². The van der Waals surface area contributed by atoms with E-state index in [-0.39, 0.29) is 5.57 Å². The monoisotopic (exact) mass is 347 g/mol. The number of hydrogen-bond acceptors (Lipinski definition) is 4. The maximum atomic E-state index is 12.4. The van der Waals surface area contributed by atoms with Crippen LogP contribution < -0.4 is 14.8 Å². The number of rotatable bonds is 5. The first-order valence-corrected chi connectivity index (χ1v) is 7.87. The van der Waals surface area contributed by atoms with E-state index in [1.807, 2.05) is 24.3 Å². The van der Waals surface area contributed by atoms with Crippen LogP contribution in [0.2, 0.25) is 0 Å². The Morgan fingerprint density at radius 1 is 1.12 bits per heavy atom. The molecule has 26 heavy (non-hydrogen) atoms. The number of H-pyrrole nitrogens is 1. The molecule has 0 saturated heterocycles. The van der Waals surface area contributed by atoms with Crippen molar-refractivity contribution in [3.63, 3.8) is 0 Å². The number of nitrogens with one attached hydrogen (secondary N) is 2. The molecule has 0 aliphatic heterocycles. The largest absolute Gasteiger partial charge is 0.497 e. The number of carbonyl (C=O) groups excluding carboxylic acids is 1. The highest BCUT2D eigenvalue weighted by Gasteiger charge is 2.12. The first-order chi connectivity index (χ1) is 12.6. The lowest BCUT2D eigenvalue weighted by Crippen LogP contribution is -2.13. The number of carbonyl (C=O) groups is 1. The molecule has 2 N–H and O–H groups in total. The van der Waals surface area contributed by atoms with E-state index >= 15 is 0 Å². The molecule has 6 heteroatoms. The van der Waals surface area contributed by atoms with Crippen molar-refractivity contribution >= 4 is 28.6 Å². The normalized spacial score (nSPS) is 11.0. The summed E-state index contributed by atoms with van der Waals surface area (Å²) >= 11 is 0. The van der Waals surface area contributed by atoms with Gasteiger partial charge in [-0.3, -0.25) is 4.79 Å². The Balaban J connectivity index is 1.87. The summed E-state index contributed by atoms with van der Waals surface area (Å²) in [6.45, 7) is 0. The van der Waals surface area contributed by atoms with Crippen LogP contribution in [0.5, 0.6) is 11.5 Å². The van der Waals surface area contributed by atoms with Gasteiger partial charge in [0.25, 0.3) is 5.91 Å². The molecule has 130 valence electrons. The summed E-state index contributed by atoms with van der Waals surface area (Å²) < 4.78 is 10.3. The van der Waals surface area contributed by atoms with Crippen LogP contribution in [-0.2, 0) is 4.79 Å². The third-order valence-corrected chi connectivity index (χ3v) is 3.93. The Kier molecular flexibility index (Phi) is 4.90. The predicted molar refractivity (Wildman–Crippen MR) is 100 cm³/mol. The smallest absolute Gasteiger partial charge is 0.266 e. The van der Waals surface area contributed by atoms with Gasteiger partial charge < -0.3 is 19.8 Å². The standard InChI is InChI=1S/C20H17N3O3/c1-25-16-5-3-15(4-6-16)23-20(24)13(11-21)9-14-12-22-19-8-7-17(26-2)10-18(14)19/h3-10,12,22H,1-2H3,(H,23,24)/b13-9+. The van der Waals surface area contributed by atoms with E-state index in [1.54, 1.807) is 50.8 Å². The molecular formula is C20H17N3O3. The molecule has 0 unspecified atom stereocenters. The minimum Gasteiger partial charge on any atom is -0.497 e. The van der Waals surface area contributed by atoms with Crippen molar-refractivity contribution in [1.29, 1.82) is 5.26 Å². The molecule has 1 amide bonds. The third kappa shape index (κ3) is 3.52. The van der Waals surface area contributed by atoms with Gasteiger partial charge in [0.2, 0.25) is 0 Å². The number of ether oxygens (including phenoxy) is 2. The molecule has 0 saturated carbocycles. The van der Waals surface area contributed by atoms with Gasteiger partial charge in [0.15, 0.2) is 0 Å². The van der Waals surface area contributed by atoms with Gasteiger partial charge in [-0.2, -0.15) is 5.26 Å². The molecule has 1 heterocycles. The zero-order chi connectivity index (χ0) is 18.5. The van der Waals surface area contributed by atoms with E-state index in [2.05, 4.69) is 10.3 Å². The van der Waals surface area contributed by atoms with Gasteiger partial charge in [-0.15, -0.1) is 0 Å². The summed E-state index contributed by atoms with van der Waals surface area (Å²) in [6.07, 6.45) is 3.30. The number of aromatic nitrogens is 1. The molecule has 3 rings (SSSR count). The van der Waals surface area contributed by atoms with E-state index in [9.17, 15) is 10.1 Å². The number of nitriles is 1. The molecule has 0 radical (unpaired) electrons. The quantitative estimate of drug-likeness (QED) is 0.544. The molecule has 0 aliphatic carbocycles. The lowest BCUT2D eigenvalue weighted by atomic mass is 10.1. The van der Waals surface area contributed by atoms with Gasteiger partial charge >= 0.3 is 0 Å². The fraction of sp³-hybridized carbons (Fsp3) is 0.100. The van der Waals surface area contributed by atoms with Crippen LogP contribution in [0.1, 0.15) is 5.56 Å². The van der Waals surface area contributed by atoms with Crippen molar-refractivity contribution in [2.75, 3.05) is 19.5 Å². The zero-order valence-electron chi connectivity index (χ0n) is 14.4. The number of hydrogen-bond donors (Lipinski definition) is 2. The Morgan fingerprint density at radius 2 is 1.81 bits per heavy atom. The van der Waals surface area contributed by atoms with Gasteiger partial charge in [-0.1, -0.05) is 0 Å². The van der Waals surface area contributed by atoms with Gasteiger partial charge in [-0.05, 0) is 48.5 Å². The summed E-state index contributed by atoms with van der Waals surface area (Å²) in [4.78, 5) is 15.5. The SMILES string of the molecule is COc1ccc(NC(=O)/C(C#N)=C/c2c[nH]c3ccc(OC)cc23)cc1. The Hall–Kier alpha value is -3.72. The van der Waals surface area contributed by atoms with E-state index in [4.69, 9.17) is 9.47 Å². The molecule has 0 atom stereocenters. The fourth-order valence-electron chi connectivity index (χ4n) is 2.54. The average molecular weight is 347 g/mol. The van der Waals surface area contributed by atoms with Crippen molar-refractivity contribution in [1.82, 2.24) is 4.98 Å². The Labute approximate surface area is 150 Å². The zero-order valence-corrected chi connectivity index (χ0v) is 14.4. The highest BCUT2D eigenvalue weighted by atomic mass is 16.5. The second-order valence-electron chi connectivity index (χ2n) is 5.51. The summed E-state index contributed by atoms with van der Waals surface area (Å²) in [5.41, 5.74) is 2.22. The molecular weight excluding hydrogens is 330 g/mol. The second kappa shape index (κ2) is 7.45. The number of nitrogens with zero attached hydrogens (tertiary/aromatic N) is 1. The molecule has 0 spiro atoms. The molecule has 0 bridgehead atoms. The van der Waals surface area contributed by atoms with E-state index in [0.717, 1.165) is 16.5 Å². The number of benzene rings is 2. The number of anilines is 1. The highest BCUT2D eigenvalue weighted by molar-refractivity contribution is 6.10.